The molecule has 0 aliphatic rings. The molecule has 1 heterocycles. The highest BCUT2D eigenvalue weighted by Crippen LogP contribution is 2.27. The van der Waals surface area contributed by atoms with Gasteiger partial charge in [0.2, 0.25) is 0 Å². The van der Waals surface area contributed by atoms with Gasteiger partial charge in [0.1, 0.15) is 16.1 Å². The van der Waals surface area contributed by atoms with Crippen LogP contribution in [0.3, 0.4) is 0 Å². The van der Waals surface area contributed by atoms with Crippen molar-refractivity contribution in [2.45, 2.75) is 33.2 Å². The molecule has 4 nitrogen and oxygen atoms in total. The zero-order chi connectivity index (χ0) is 20.3. The Morgan fingerprint density at radius 3 is 2.64 bits per heavy atom. The molecule has 0 atom stereocenters. The lowest BCUT2D eigenvalue weighted by Gasteiger charge is -2.14. The van der Waals surface area contributed by atoms with E-state index in [9.17, 15) is 14.4 Å². The quantitative estimate of drug-likeness (QED) is 0.562. The van der Waals surface area contributed by atoms with E-state index in [1.807, 2.05) is 6.92 Å². The van der Waals surface area contributed by atoms with Crippen LogP contribution in [0.15, 0.2) is 51.7 Å². The Kier molecular flexibility index (Phi) is 6.05. The third kappa shape index (κ3) is 3.90. The Balaban J connectivity index is 2.02. The van der Waals surface area contributed by atoms with E-state index in [0.717, 1.165) is 6.42 Å². The van der Waals surface area contributed by atoms with E-state index in [1.54, 1.807) is 47.9 Å². The van der Waals surface area contributed by atoms with Crippen molar-refractivity contribution in [3.05, 3.63) is 85.8 Å². The van der Waals surface area contributed by atoms with Crippen LogP contribution in [0, 0.1) is 24.1 Å². The highest BCUT2D eigenvalue weighted by molar-refractivity contribution is 9.10. The summed E-state index contributed by atoms with van der Waals surface area (Å²) in [4.78, 5) is 17.2. The lowest BCUT2D eigenvalue weighted by molar-refractivity contribution is 0.617. The SMILES string of the molecule is CCCc1nc(C)c(Br)c(=O)n1Cc1ccc(-c2ccccc2C#N)c(F)c1. The monoisotopic (exact) mass is 439 g/mol. The smallest absolute Gasteiger partial charge is 0.268 e. The molecule has 6 heteroatoms. The molecule has 0 saturated carbocycles. The Morgan fingerprint density at radius 2 is 1.96 bits per heavy atom. The second-order valence-electron chi connectivity index (χ2n) is 6.54. The van der Waals surface area contributed by atoms with Gasteiger partial charge in [-0.2, -0.15) is 5.26 Å². The van der Waals surface area contributed by atoms with E-state index < -0.39 is 5.82 Å². The number of hydrogen-bond donors (Lipinski definition) is 0. The van der Waals surface area contributed by atoms with Gasteiger partial charge in [-0.05, 0) is 47.0 Å². The molecule has 0 unspecified atom stereocenters. The van der Waals surface area contributed by atoms with Gasteiger partial charge in [0.05, 0.1) is 23.9 Å². The third-order valence-electron chi connectivity index (χ3n) is 4.54. The number of aromatic nitrogens is 2. The Bertz CT molecular complexity index is 1130. The molecular formula is C22H19BrFN3O. The molecule has 0 amide bonds. The first-order chi connectivity index (χ1) is 13.5. The molecule has 0 spiro atoms. The van der Waals surface area contributed by atoms with Crippen LogP contribution in [0.4, 0.5) is 4.39 Å². The van der Waals surface area contributed by atoms with Crippen molar-refractivity contribution in [3.63, 3.8) is 0 Å². The van der Waals surface area contributed by atoms with Crippen LogP contribution < -0.4 is 5.56 Å². The minimum Gasteiger partial charge on any atom is -0.291 e. The average Bonchev–Trinajstić information content (AvgIpc) is 2.69. The molecule has 0 aliphatic carbocycles. The number of nitriles is 1. The number of hydrogen-bond acceptors (Lipinski definition) is 3. The standard InChI is InChI=1S/C22H19BrFN3O/c1-3-6-20-26-14(2)21(23)22(28)27(20)13-15-9-10-18(19(24)11-15)17-8-5-4-7-16(17)12-25/h4-5,7-11H,3,6,13H2,1-2H3. The summed E-state index contributed by atoms with van der Waals surface area (Å²) in [7, 11) is 0. The molecule has 0 N–H and O–H groups in total. The molecule has 0 saturated heterocycles. The number of rotatable bonds is 5. The van der Waals surface area contributed by atoms with E-state index in [0.29, 0.717) is 44.7 Å². The van der Waals surface area contributed by atoms with Crippen LogP contribution >= 0.6 is 15.9 Å². The molecule has 3 rings (SSSR count). The lowest BCUT2D eigenvalue weighted by atomic mass is 9.98. The maximum atomic E-state index is 14.8. The lowest BCUT2D eigenvalue weighted by Crippen LogP contribution is -2.27. The first-order valence-electron chi connectivity index (χ1n) is 9.00. The number of aryl methyl sites for hydroxylation is 2. The van der Waals surface area contributed by atoms with Gasteiger partial charge in [0.25, 0.3) is 5.56 Å². The van der Waals surface area contributed by atoms with Gasteiger partial charge in [-0.15, -0.1) is 0 Å². The molecule has 3 aromatic rings. The van der Waals surface area contributed by atoms with Gasteiger partial charge in [-0.25, -0.2) is 9.37 Å². The molecule has 0 fully saturated rings. The van der Waals surface area contributed by atoms with Gasteiger partial charge in [-0.1, -0.05) is 37.3 Å². The van der Waals surface area contributed by atoms with E-state index in [-0.39, 0.29) is 12.1 Å². The summed E-state index contributed by atoms with van der Waals surface area (Å²) in [5.41, 5.74) is 2.48. The third-order valence-corrected chi connectivity index (χ3v) is 5.46. The van der Waals surface area contributed by atoms with Gasteiger partial charge >= 0.3 is 0 Å². The van der Waals surface area contributed by atoms with Gasteiger partial charge in [-0.3, -0.25) is 9.36 Å². The van der Waals surface area contributed by atoms with Crippen molar-refractivity contribution in [3.8, 4) is 17.2 Å². The van der Waals surface area contributed by atoms with Crippen LogP contribution in [-0.4, -0.2) is 9.55 Å². The minimum absolute atomic E-state index is 0.171. The first kappa shape index (κ1) is 20.0. The molecule has 2 aromatic carbocycles. The predicted molar refractivity (Wildman–Crippen MR) is 111 cm³/mol. The van der Waals surface area contributed by atoms with Crippen molar-refractivity contribution in [1.82, 2.24) is 9.55 Å². The summed E-state index contributed by atoms with van der Waals surface area (Å²) in [6, 6.07) is 13.8. The molecule has 1 aromatic heterocycles. The molecule has 28 heavy (non-hydrogen) atoms. The van der Waals surface area contributed by atoms with Gasteiger partial charge in [0.15, 0.2) is 0 Å². The summed E-state index contributed by atoms with van der Waals surface area (Å²) in [6.07, 6.45) is 1.52. The molecule has 0 aliphatic heterocycles. The zero-order valence-corrected chi connectivity index (χ0v) is 17.3. The zero-order valence-electron chi connectivity index (χ0n) is 15.7. The maximum absolute atomic E-state index is 14.8. The highest BCUT2D eigenvalue weighted by atomic mass is 79.9. The van der Waals surface area contributed by atoms with E-state index >= 15 is 0 Å². The molecule has 0 radical (unpaired) electrons. The topological polar surface area (TPSA) is 58.7 Å². The molecular weight excluding hydrogens is 421 g/mol. The summed E-state index contributed by atoms with van der Waals surface area (Å²) < 4.78 is 16.8. The Morgan fingerprint density at radius 1 is 1.21 bits per heavy atom. The van der Waals surface area contributed by atoms with Crippen molar-refractivity contribution in [2.24, 2.45) is 0 Å². The van der Waals surface area contributed by atoms with Crippen LogP contribution in [0.2, 0.25) is 0 Å². The maximum Gasteiger partial charge on any atom is 0.268 e. The second-order valence-corrected chi connectivity index (χ2v) is 7.33. The van der Waals surface area contributed by atoms with Gasteiger partial charge in [0, 0.05) is 17.5 Å². The van der Waals surface area contributed by atoms with Crippen molar-refractivity contribution in [1.29, 1.82) is 5.26 Å². The van der Waals surface area contributed by atoms with Crippen LogP contribution in [0.25, 0.3) is 11.1 Å². The summed E-state index contributed by atoms with van der Waals surface area (Å²) >= 11 is 3.30. The Labute approximate surface area is 171 Å². The highest BCUT2D eigenvalue weighted by Gasteiger charge is 2.14. The fourth-order valence-electron chi connectivity index (χ4n) is 3.14. The summed E-state index contributed by atoms with van der Waals surface area (Å²) in [6.45, 7) is 4.04. The Hall–Kier alpha value is -2.78. The minimum atomic E-state index is -0.426. The number of nitrogens with zero attached hydrogens (tertiary/aromatic N) is 3. The van der Waals surface area contributed by atoms with Gasteiger partial charge < -0.3 is 0 Å². The second kappa shape index (κ2) is 8.49. The van der Waals surface area contributed by atoms with Crippen molar-refractivity contribution >= 4 is 15.9 Å². The fraction of sp³-hybridized carbons (Fsp3) is 0.227. The summed E-state index contributed by atoms with van der Waals surface area (Å²) in [5, 5.41) is 9.26. The number of benzene rings is 2. The average molecular weight is 440 g/mol. The fourth-order valence-corrected chi connectivity index (χ4v) is 3.45. The van der Waals surface area contributed by atoms with Crippen LogP contribution in [0.5, 0.6) is 0 Å². The van der Waals surface area contributed by atoms with Crippen molar-refractivity contribution in [2.75, 3.05) is 0 Å². The predicted octanol–water partition coefficient (Wildman–Crippen LogP) is 4.99. The summed E-state index contributed by atoms with van der Waals surface area (Å²) in [5.74, 6) is 0.261. The molecule has 142 valence electrons. The molecule has 0 bridgehead atoms. The van der Waals surface area contributed by atoms with E-state index in [4.69, 9.17) is 0 Å². The van der Waals surface area contributed by atoms with Crippen molar-refractivity contribution < 1.29 is 4.39 Å². The van der Waals surface area contributed by atoms with Crippen LogP contribution in [-0.2, 0) is 13.0 Å². The van der Waals surface area contributed by atoms with E-state index in [2.05, 4.69) is 27.0 Å². The van der Waals surface area contributed by atoms with E-state index in [1.165, 1.54) is 6.07 Å². The first-order valence-corrected chi connectivity index (χ1v) is 9.79. The largest absolute Gasteiger partial charge is 0.291 e. The normalized spacial score (nSPS) is 10.7. The van der Waals surface area contributed by atoms with Crippen LogP contribution in [0.1, 0.15) is 36.0 Å². The number of halogens is 2.